The molecule has 1 aromatic carbocycles. The van der Waals surface area contributed by atoms with Crippen molar-refractivity contribution in [3.05, 3.63) is 28.8 Å². The van der Waals surface area contributed by atoms with Gasteiger partial charge in [-0.2, -0.15) is 0 Å². The molecule has 0 aromatic heterocycles. The number of rotatable bonds is 3. The van der Waals surface area contributed by atoms with Gasteiger partial charge >= 0.3 is 0 Å². The van der Waals surface area contributed by atoms with E-state index in [0.717, 1.165) is 0 Å². The second-order valence-electron chi connectivity index (χ2n) is 3.49. The summed E-state index contributed by atoms with van der Waals surface area (Å²) in [5.74, 6) is -0.532. The van der Waals surface area contributed by atoms with Gasteiger partial charge in [0, 0.05) is 17.4 Å². The molecule has 16 heavy (non-hydrogen) atoms. The number of alkyl halides is 1. The van der Waals surface area contributed by atoms with Gasteiger partial charge in [0.15, 0.2) is 0 Å². The Morgan fingerprint density at radius 2 is 2.00 bits per heavy atom. The van der Waals surface area contributed by atoms with Crippen LogP contribution in [0, 0.1) is 0 Å². The number of carbonyl (C=O) groups excluding carboxylic acids is 2. The molecule has 1 aliphatic rings. The third-order valence-electron chi connectivity index (χ3n) is 2.45. The fourth-order valence-corrected chi connectivity index (χ4v) is 2.00. The smallest absolute Gasteiger partial charge is 0.299 e. The lowest BCUT2D eigenvalue weighted by atomic mass is 10.1. The van der Waals surface area contributed by atoms with E-state index < -0.39 is 11.7 Å². The minimum Gasteiger partial charge on any atom is -0.305 e. The predicted octanol–water partition coefficient (Wildman–Crippen LogP) is 2.50. The summed E-state index contributed by atoms with van der Waals surface area (Å²) in [6.45, 7) is 0.461. The van der Waals surface area contributed by atoms with E-state index in [-0.39, 0.29) is 0 Å². The van der Waals surface area contributed by atoms with Crippen molar-refractivity contribution in [3.63, 3.8) is 0 Å². The summed E-state index contributed by atoms with van der Waals surface area (Å²) < 4.78 is 0. The number of hydrogen-bond acceptors (Lipinski definition) is 2. The number of Topliss-reactive ketones (excluding diaryl/α,β-unsaturated/α-hetero) is 1. The number of ketones is 1. The Labute approximate surface area is 103 Å². The number of hydrogen-bond donors (Lipinski definition) is 0. The van der Waals surface area contributed by atoms with Gasteiger partial charge in [-0.15, -0.1) is 11.6 Å². The van der Waals surface area contributed by atoms with Crippen LogP contribution >= 0.6 is 23.2 Å². The first-order chi connectivity index (χ1) is 7.65. The normalized spacial score (nSPS) is 14.5. The largest absolute Gasteiger partial charge is 0.305 e. The van der Waals surface area contributed by atoms with Crippen molar-refractivity contribution in [2.24, 2.45) is 0 Å². The van der Waals surface area contributed by atoms with Crippen molar-refractivity contribution in [2.45, 2.75) is 6.42 Å². The molecule has 1 amide bonds. The van der Waals surface area contributed by atoms with Crippen molar-refractivity contribution in [1.82, 2.24) is 0 Å². The number of nitrogens with zero attached hydrogens (tertiary/aromatic N) is 1. The van der Waals surface area contributed by atoms with Crippen molar-refractivity contribution in [3.8, 4) is 0 Å². The third kappa shape index (κ3) is 1.81. The monoisotopic (exact) mass is 257 g/mol. The first kappa shape index (κ1) is 11.4. The molecule has 1 heterocycles. The molecule has 3 nitrogen and oxygen atoms in total. The van der Waals surface area contributed by atoms with E-state index in [0.29, 0.717) is 35.1 Å². The third-order valence-corrected chi connectivity index (χ3v) is 2.95. The predicted molar refractivity (Wildman–Crippen MR) is 63.5 cm³/mol. The minimum absolute atomic E-state index is 0.382. The number of amides is 1. The quantitative estimate of drug-likeness (QED) is 0.617. The highest BCUT2D eigenvalue weighted by Gasteiger charge is 2.35. The second-order valence-corrected chi connectivity index (χ2v) is 4.30. The van der Waals surface area contributed by atoms with Crippen molar-refractivity contribution in [2.75, 3.05) is 17.3 Å². The van der Waals surface area contributed by atoms with Crippen LogP contribution in [0.5, 0.6) is 0 Å². The minimum atomic E-state index is -0.498. The fourth-order valence-electron chi connectivity index (χ4n) is 1.71. The lowest BCUT2D eigenvalue weighted by Gasteiger charge is -2.15. The highest BCUT2D eigenvalue weighted by Crippen LogP contribution is 2.31. The Balaban J connectivity index is 2.38. The summed E-state index contributed by atoms with van der Waals surface area (Å²) in [4.78, 5) is 24.8. The number of benzene rings is 1. The molecule has 0 spiro atoms. The molecule has 5 heteroatoms. The van der Waals surface area contributed by atoms with Crippen LogP contribution in [-0.2, 0) is 4.79 Å². The van der Waals surface area contributed by atoms with Crippen LogP contribution in [0.1, 0.15) is 16.8 Å². The van der Waals surface area contributed by atoms with Gasteiger partial charge in [-0.25, -0.2) is 0 Å². The number of halogens is 2. The lowest BCUT2D eigenvalue weighted by Crippen LogP contribution is -2.30. The molecule has 0 atom stereocenters. The number of carbonyl (C=O) groups is 2. The van der Waals surface area contributed by atoms with Crippen LogP contribution in [0.15, 0.2) is 18.2 Å². The summed E-state index contributed by atoms with van der Waals surface area (Å²) in [6.07, 6.45) is 0.655. The molecule has 1 aliphatic heterocycles. The van der Waals surface area contributed by atoms with E-state index in [1.165, 1.54) is 11.0 Å². The average molecular weight is 258 g/mol. The van der Waals surface area contributed by atoms with Crippen LogP contribution in [0.4, 0.5) is 5.69 Å². The maximum Gasteiger partial charge on any atom is 0.299 e. The SMILES string of the molecule is O=C1C(=O)N(CCCCl)c2ccc(Cl)cc21. The summed E-state index contributed by atoms with van der Waals surface area (Å²) in [5, 5.41) is 0.457. The second kappa shape index (κ2) is 4.44. The summed E-state index contributed by atoms with van der Waals surface area (Å²) in [6, 6.07) is 4.88. The maximum atomic E-state index is 11.7. The van der Waals surface area contributed by atoms with Crippen molar-refractivity contribution < 1.29 is 9.59 Å². The Morgan fingerprint density at radius 3 is 2.69 bits per heavy atom. The molecule has 2 rings (SSSR count). The molecular weight excluding hydrogens is 249 g/mol. The first-order valence-corrected chi connectivity index (χ1v) is 5.78. The highest BCUT2D eigenvalue weighted by atomic mass is 35.5. The molecule has 84 valence electrons. The Hall–Kier alpha value is -1.06. The Morgan fingerprint density at radius 1 is 1.25 bits per heavy atom. The highest BCUT2D eigenvalue weighted by molar-refractivity contribution is 6.52. The Bertz CT molecular complexity index is 459. The van der Waals surface area contributed by atoms with Gasteiger partial charge in [0.2, 0.25) is 0 Å². The van der Waals surface area contributed by atoms with Gasteiger partial charge in [0.1, 0.15) is 0 Å². The molecule has 0 bridgehead atoms. The Kier molecular flexibility index (Phi) is 3.17. The van der Waals surface area contributed by atoms with E-state index >= 15 is 0 Å². The maximum absolute atomic E-state index is 11.7. The molecule has 0 saturated heterocycles. The van der Waals surface area contributed by atoms with Gasteiger partial charge in [-0.1, -0.05) is 11.6 Å². The van der Waals surface area contributed by atoms with Crippen molar-refractivity contribution >= 4 is 40.6 Å². The van der Waals surface area contributed by atoms with E-state index in [1.54, 1.807) is 12.1 Å². The van der Waals surface area contributed by atoms with Crippen molar-refractivity contribution in [1.29, 1.82) is 0 Å². The molecule has 0 N–H and O–H groups in total. The van der Waals surface area contributed by atoms with Crippen LogP contribution in [0.3, 0.4) is 0 Å². The molecule has 0 radical (unpaired) electrons. The van der Waals surface area contributed by atoms with Crippen LogP contribution in [-0.4, -0.2) is 24.1 Å². The molecule has 1 aromatic rings. The molecule has 0 unspecified atom stereocenters. The summed E-state index contributed by atoms with van der Waals surface area (Å²) >= 11 is 11.4. The topological polar surface area (TPSA) is 37.4 Å². The molecule has 0 saturated carbocycles. The van der Waals surface area contributed by atoms with E-state index in [2.05, 4.69) is 0 Å². The van der Waals surface area contributed by atoms with E-state index in [1.807, 2.05) is 0 Å². The molecule has 0 fully saturated rings. The van der Waals surface area contributed by atoms with Gasteiger partial charge in [0.05, 0.1) is 11.3 Å². The van der Waals surface area contributed by atoms with Crippen LogP contribution in [0.2, 0.25) is 5.02 Å². The molecule has 0 aliphatic carbocycles. The van der Waals surface area contributed by atoms with E-state index in [9.17, 15) is 9.59 Å². The standard InChI is InChI=1S/C11H9Cl2NO2/c12-4-1-5-14-9-3-2-7(13)6-8(9)10(15)11(14)16/h2-3,6H,1,4-5H2. The number of fused-ring (bicyclic) bond motifs is 1. The zero-order valence-electron chi connectivity index (χ0n) is 8.37. The van der Waals surface area contributed by atoms with Gasteiger partial charge in [-0.3, -0.25) is 9.59 Å². The van der Waals surface area contributed by atoms with E-state index in [4.69, 9.17) is 23.2 Å². The zero-order valence-corrected chi connectivity index (χ0v) is 9.88. The lowest BCUT2D eigenvalue weighted by molar-refractivity contribution is -0.114. The van der Waals surface area contributed by atoms with Gasteiger partial charge in [0.25, 0.3) is 11.7 Å². The van der Waals surface area contributed by atoms with Gasteiger partial charge in [-0.05, 0) is 24.6 Å². The van der Waals surface area contributed by atoms with Gasteiger partial charge < -0.3 is 4.90 Å². The molecular formula is C11H9Cl2NO2. The summed E-state index contributed by atoms with van der Waals surface area (Å²) in [7, 11) is 0. The first-order valence-electron chi connectivity index (χ1n) is 4.87. The van der Waals surface area contributed by atoms with Crippen LogP contribution < -0.4 is 4.90 Å². The fraction of sp³-hybridized carbons (Fsp3) is 0.273. The summed E-state index contributed by atoms with van der Waals surface area (Å²) in [5.41, 5.74) is 1.01. The van der Waals surface area contributed by atoms with Crippen LogP contribution in [0.25, 0.3) is 0 Å². The zero-order chi connectivity index (χ0) is 11.7. The number of anilines is 1. The average Bonchev–Trinajstić information content (AvgIpc) is 2.50.